The molecule has 1 fully saturated rings. The maximum Gasteiger partial charge on any atom is 0.216 e. The monoisotopic (exact) mass is 405 g/mol. The van der Waals surface area contributed by atoms with Crippen LogP contribution in [0.5, 0.6) is 0 Å². The van der Waals surface area contributed by atoms with E-state index in [-0.39, 0.29) is 6.04 Å². The molecule has 0 bridgehead atoms. The summed E-state index contributed by atoms with van der Waals surface area (Å²) in [5.74, 6) is 0.599. The fraction of sp³-hybridized carbons (Fsp3) is 0.636. The van der Waals surface area contributed by atoms with Crippen LogP contribution in [0.2, 0.25) is 0 Å². The van der Waals surface area contributed by atoms with Crippen LogP contribution >= 0.6 is 0 Å². The Morgan fingerprint density at radius 2 is 1.71 bits per heavy atom. The molecule has 3 rings (SSSR count). The SMILES string of the molecule is CC(C)(C)S(=O)(=O)NC1CCC(CNc2ccc(N3CC=CCC3)cc2)CC1. The lowest BCUT2D eigenvalue weighted by atomic mass is 9.86. The highest BCUT2D eigenvalue weighted by Crippen LogP contribution is 2.27. The molecule has 5 nitrogen and oxygen atoms in total. The summed E-state index contributed by atoms with van der Waals surface area (Å²) in [6.45, 7) is 8.28. The average molecular weight is 406 g/mol. The van der Waals surface area contributed by atoms with Crippen LogP contribution in [0.1, 0.15) is 52.9 Å². The summed E-state index contributed by atoms with van der Waals surface area (Å²) in [5.41, 5.74) is 2.44. The fourth-order valence-electron chi connectivity index (χ4n) is 3.81. The number of nitrogens with zero attached hydrogens (tertiary/aromatic N) is 1. The summed E-state index contributed by atoms with van der Waals surface area (Å²) in [6, 6.07) is 8.80. The third-order valence-electron chi connectivity index (χ3n) is 5.86. The van der Waals surface area contributed by atoms with Crippen molar-refractivity contribution >= 4 is 21.4 Å². The predicted octanol–water partition coefficient (Wildman–Crippen LogP) is 4.14. The number of hydrogen-bond donors (Lipinski definition) is 2. The van der Waals surface area contributed by atoms with Crippen molar-refractivity contribution in [2.24, 2.45) is 5.92 Å². The number of hydrogen-bond acceptors (Lipinski definition) is 4. The lowest BCUT2D eigenvalue weighted by Crippen LogP contribution is -2.46. The third-order valence-corrected chi connectivity index (χ3v) is 8.12. The van der Waals surface area contributed by atoms with Crippen molar-refractivity contribution in [3.05, 3.63) is 36.4 Å². The summed E-state index contributed by atoms with van der Waals surface area (Å²) >= 11 is 0. The van der Waals surface area contributed by atoms with Gasteiger partial charge in [0.1, 0.15) is 0 Å². The van der Waals surface area contributed by atoms with Crippen LogP contribution in [0.4, 0.5) is 11.4 Å². The molecule has 28 heavy (non-hydrogen) atoms. The van der Waals surface area contributed by atoms with E-state index in [0.29, 0.717) is 5.92 Å². The Morgan fingerprint density at radius 3 is 2.29 bits per heavy atom. The minimum Gasteiger partial charge on any atom is -0.385 e. The van der Waals surface area contributed by atoms with E-state index in [0.717, 1.165) is 57.4 Å². The van der Waals surface area contributed by atoms with Gasteiger partial charge in [0.25, 0.3) is 0 Å². The summed E-state index contributed by atoms with van der Waals surface area (Å²) in [7, 11) is -3.26. The van der Waals surface area contributed by atoms with Gasteiger partial charge in [-0.05, 0) is 83.1 Å². The zero-order valence-corrected chi connectivity index (χ0v) is 18.3. The van der Waals surface area contributed by atoms with E-state index in [9.17, 15) is 8.42 Å². The maximum absolute atomic E-state index is 12.3. The molecule has 2 N–H and O–H groups in total. The molecule has 0 unspecified atom stereocenters. The van der Waals surface area contributed by atoms with E-state index >= 15 is 0 Å². The van der Waals surface area contributed by atoms with Crippen LogP contribution in [0.25, 0.3) is 0 Å². The van der Waals surface area contributed by atoms with Gasteiger partial charge in [-0.25, -0.2) is 13.1 Å². The van der Waals surface area contributed by atoms with E-state index in [1.807, 2.05) is 0 Å². The van der Waals surface area contributed by atoms with E-state index < -0.39 is 14.8 Å². The molecule has 1 aromatic carbocycles. The normalized spacial score (nSPS) is 23.6. The number of rotatable bonds is 6. The van der Waals surface area contributed by atoms with Gasteiger partial charge < -0.3 is 10.2 Å². The van der Waals surface area contributed by atoms with Crippen molar-refractivity contribution in [1.82, 2.24) is 4.72 Å². The molecule has 0 amide bonds. The molecular formula is C22H35N3O2S. The average Bonchev–Trinajstić information content (AvgIpc) is 2.67. The molecule has 1 heterocycles. The largest absolute Gasteiger partial charge is 0.385 e. The minimum atomic E-state index is -3.26. The number of benzene rings is 1. The Balaban J connectivity index is 1.42. The molecule has 1 saturated carbocycles. The minimum absolute atomic E-state index is 0.0818. The van der Waals surface area contributed by atoms with E-state index in [1.165, 1.54) is 5.69 Å². The molecule has 0 radical (unpaired) electrons. The molecule has 0 aromatic heterocycles. The maximum atomic E-state index is 12.3. The van der Waals surface area contributed by atoms with Crippen LogP contribution in [-0.4, -0.2) is 38.8 Å². The van der Waals surface area contributed by atoms with Crippen molar-refractivity contribution in [2.45, 2.75) is 63.7 Å². The quantitative estimate of drug-likeness (QED) is 0.698. The predicted molar refractivity (Wildman–Crippen MR) is 118 cm³/mol. The van der Waals surface area contributed by atoms with E-state index in [4.69, 9.17) is 0 Å². The molecule has 156 valence electrons. The molecule has 0 atom stereocenters. The van der Waals surface area contributed by atoms with Crippen LogP contribution < -0.4 is 14.9 Å². The Morgan fingerprint density at radius 1 is 1.04 bits per heavy atom. The van der Waals surface area contributed by atoms with E-state index in [1.54, 1.807) is 20.8 Å². The lowest BCUT2D eigenvalue weighted by Gasteiger charge is -2.31. The molecular weight excluding hydrogens is 370 g/mol. The molecule has 1 aromatic rings. The zero-order chi connectivity index (χ0) is 20.2. The Hall–Kier alpha value is -1.53. The highest BCUT2D eigenvalue weighted by molar-refractivity contribution is 7.90. The van der Waals surface area contributed by atoms with Crippen LogP contribution in [-0.2, 0) is 10.0 Å². The second kappa shape index (κ2) is 8.87. The van der Waals surface area contributed by atoms with Crippen molar-refractivity contribution in [3.63, 3.8) is 0 Å². The Kier molecular flexibility index (Phi) is 6.71. The van der Waals surface area contributed by atoms with Gasteiger partial charge in [0.15, 0.2) is 0 Å². The Bertz CT molecular complexity index is 758. The Labute approximate surface area is 170 Å². The highest BCUT2D eigenvalue weighted by Gasteiger charge is 2.32. The number of nitrogens with one attached hydrogen (secondary N) is 2. The van der Waals surface area contributed by atoms with Crippen LogP contribution in [0, 0.1) is 5.92 Å². The van der Waals surface area contributed by atoms with Gasteiger partial charge >= 0.3 is 0 Å². The van der Waals surface area contributed by atoms with Gasteiger partial charge in [-0.2, -0.15) is 0 Å². The highest BCUT2D eigenvalue weighted by atomic mass is 32.2. The molecule has 6 heteroatoms. The van der Waals surface area contributed by atoms with Crippen LogP contribution in [0.15, 0.2) is 36.4 Å². The van der Waals surface area contributed by atoms with Crippen LogP contribution in [0.3, 0.4) is 0 Å². The van der Waals surface area contributed by atoms with Crippen molar-refractivity contribution < 1.29 is 8.42 Å². The van der Waals surface area contributed by atoms with Gasteiger partial charge in [-0.15, -0.1) is 0 Å². The first kappa shape index (κ1) is 21.2. The molecule has 0 saturated heterocycles. The number of sulfonamides is 1. The van der Waals surface area contributed by atoms with Gasteiger partial charge in [0.2, 0.25) is 10.0 Å². The summed E-state index contributed by atoms with van der Waals surface area (Å²) in [6.07, 6.45) is 9.55. The standard InChI is InChI=1S/C22H35N3O2S/c1-22(2,3)28(26,27)24-20-9-7-18(8-10-20)17-23-19-11-13-21(14-12-19)25-15-5-4-6-16-25/h4-5,11-14,18,20,23-24H,6-10,15-17H2,1-3H3. The van der Waals surface area contributed by atoms with Gasteiger partial charge in [-0.1, -0.05) is 12.2 Å². The summed E-state index contributed by atoms with van der Waals surface area (Å²) in [5, 5.41) is 3.56. The second-order valence-electron chi connectivity index (χ2n) is 9.09. The van der Waals surface area contributed by atoms with Crippen molar-refractivity contribution in [2.75, 3.05) is 29.9 Å². The zero-order valence-electron chi connectivity index (χ0n) is 17.4. The van der Waals surface area contributed by atoms with Crippen molar-refractivity contribution in [1.29, 1.82) is 0 Å². The molecule has 2 aliphatic rings. The fourth-order valence-corrected chi connectivity index (χ4v) is 4.84. The van der Waals surface area contributed by atoms with Gasteiger partial charge in [0, 0.05) is 37.1 Å². The summed E-state index contributed by atoms with van der Waals surface area (Å²) < 4.78 is 26.8. The first-order valence-electron chi connectivity index (χ1n) is 10.5. The summed E-state index contributed by atoms with van der Waals surface area (Å²) in [4.78, 5) is 2.39. The molecule has 1 aliphatic heterocycles. The van der Waals surface area contributed by atoms with E-state index in [2.05, 4.69) is 51.4 Å². The molecule has 1 aliphatic carbocycles. The first-order chi connectivity index (χ1) is 13.2. The lowest BCUT2D eigenvalue weighted by molar-refractivity contribution is 0.322. The third kappa shape index (κ3) is 5.51. The van der Waals surface area contributed by atoms with Gasteiger partial charge in [-0.3, -0.25) is 0 Å². The molecule has 0 spiro atoms. The van der Waals surface area contributed by atoms with Crippen molar-refractivity contribution in [3.8, 4) is 0 Å². The smallest absolute Gasteiger partial charge is 0.216 e. The first-order valence-corrected chi connectivity index (χ1v) is 12.0. The second-order valence-corrected chi connectivity index (χ2v) is 11.6. The van der Waals surface area contributed by atoms with Gasteiger partial charge in [0.05, 0.1) is 4.75 Å². The topological polar surface area (TPSA) is 61.4 Å². The number of anilines is 2.